The van der Waals surface area contributed by atoms with E-state index in [0.29, 0.717) is 12.5 Å². The van der Waals surface area contributed by atoms with Crippen molar-refractivity contribution in [2.45, 2.75) is 58.9 Å². The standard InChI is InChI=1S/C17H32N2O2/c1-5-21-10-6-9-18-12-15(20)19-17(4)14-8-7-13(11-14)16(17,2)3/h13-14,18H,5-12H2,1-4H3,(H,19,20)/t13-,14+,17+/m0/s1. The van der Waals surface area contributed by atoms with Crippen molar-refractivity contribution in [3.05, 3.63) is 0 Å². The van der Waals surface area contributed by atoms with Gasteiger partial charge in [-0.05, 0) is 63.3 Å². The number of amides is 1. The maximum absolute atomic E-state index is 12.3. The lowest BCUT2D eigenvalue weighted by Crippen LogP contribution is -2.60. The van der Waals surface area contributed by atoms with Gasteiger partial charge in [-0.2, -0.15) is 0 Å². The molecule has 21 heavy (non-hydrogen) atoms. The molecule has 2 rings (SSSR count). The Morgan fingerprint density at radius 3 is 2.57 bits per heavy atom. The van der Waals surface area contributed by atoms with E-state index in [1.807, 2.05) is 6.92 Å². The Balaban J connectivity index is 1.75. The predicted molar refractivity (Wildman–Crippen MR) is 85.1 cm³/mol. The molecule has 0 radical (unpaired) electrons. The summed E-state index contributed by atoms with van der Waals surface area (Å²) in [7, 11) is 0. The van der Waals surface area contributed by atoms with Gasteiger partial charge in [0.25, 0.3) is 0 Å². The summed E-state index contributed by atoms with van der Waals surface area (Å²) in [6, 6.07) is 0. The average molecular weight is 296 g/mol. The summed E-state index contributed by atoms with van der Waals surface area (Å²) >= 11 is 0. The smallest absolute Gasteiger partial charge is 0.234 e. The Labute approximate surface area is 129 Å². The van der Waals surface area contributed by atoms with Crippen molar-refractivity contribution < 1.29 is 9.53 Å². The molecule has 0 aromatic rings. The van der Waals surface area contributed by atoms with Gasteiger partial charge >= 0.3 is 0 Å². The molecular weight excluding hydrogens is 264 g/mol. The van der Waals surface area contributed by atoms with Gasteiger partial charge in [-0.1, -0.05) is 13.8 Å². The first-order valence-electron chi connectivity index (χ1n) is 8.51. The monoisotopic (exact) mass is 296 g/mol. The molecule has 0 saturated heterocycles. The van der Waals surface area contributed by atoms with Crippen LogP contribution in [0.5, 0.6) is 0 Å². The number of rotatable bonds is 8. The first-order valence-corrected chi connectivity index (χ1v) is 8.51. The quantitative estimate of drug-likeness (QED) is 0.676. The Bertz CT molecular complexity index is 370. The van der Waals surface area contributed by atoms with E-state index in [-0.39, 0.29) is 16.9 Å². The molecular formula is C17H32N2O2. The van der Waals surface area contributed by atoms with Gasteiger partial charge in [-0.15, -0.1) is 0 Å². The second-order valence-electron chi connectivity index (χ2n) is 7.41. The zero-order valence-electron chi connectivity index (χ0n) is 14.1. The average Bonchev–Trinajstić information content (AvgIpc) is 2.97. The number of fused-ring (bicyclic) bond motifs is 2. The van der Waals surface area contributed by atoms with E-state index >= 15 is 0 Å². The molecule has 3 atom stereocenters. The SMILES string of the molecule is CCOCCCNCC(=O)N[C@]1(C)[C@@H]2CC[C@@H](C2)C1(C)C. The largest absolute Gasteiger partial charge is 0.382 e. The van der Waals surface area contributed by atoms with Crippen LogP contribution in [0.1, 0.15) is 53.4 Å². The zero-order chi connectivity index (χ0) is 15.5. The lowest BCUT2D eigenvalue weighted by molar-refractivity contribution is -0.124. The summed E-state index contributed by atoms with van der Waals surface area (Å²) in [4.78, 5) is 12.3. The molecule has 4 nitrogen and oxygen atoms in total. The Hall–Kier alpha value is -0.610. The van der Waals surface area contributed by atoms with E-state index in [2.05, 4.69) is 31.4 Å². The van der Waals surface area contributed by atoms with Crippen LogP contribution in [0.2, 0.25) is 0 Å². The normalized spacial score (nSPS) is 33.3. The van der Waals surface area contributed by atoms with Gasteiger partial charge in [-0.25, -0.2) is 0 Å². The first-order chi connectivity index (χ1) is 9.91. The van der Waals surface area contributed by atoms with Crippen LogP contribution in [0, 0.1) is 17.3 Å². The lowest BCUT2D eigenvalue weighted by Gasteiger charge is -2.48. The summed E-state index contributed by atoms with van der Waals surface area (Å²) in [5.74, 6) is 1.56. The minimum atomic E-state index is -0.0417. The highest BCUT2D eigenvalue weighted by Crippen LogP contribution is 2.61. The van der Waals surface area contributed by atoms with Gasteiger partial charge in [-0.3, -0.25) is 4.79 Å². The van der Waals surface area contributed by atoms with Gasteiger partial charge in [0.1, 0.15) is 0 Å². The van der Waals surface area contributed by atoms with Crippen LogP contribution in [0.25, 0.3) is 0 Å². The molecule has 0 heterocycles. The van der Waals surface area contributed by atoms with Crippen molar-refractivity contribution in [2.24, 2.45) is 17.3 Å². The number of carbonyl (C=O) groups is 1. The van der Waals surface area contributed by atoms with Gasteiger partial charge in [0, 0.05) is 18.8 Å². The van der Waals surface area contributed by atoms with E-state index in [9.17, 15) is 4.79 Å². The van der Waals surface area contributed by atoms with Crippen molar-refractivity contribution in [3.8, 4) is 0 Å². The highest BCUT2D eigenvalue weighted by atomic mass is 16.5. The van der Waals surface area contributed by atoms with Crippen molar-refractivity contribution in [2.75, 3.05) is 26.3 Å². The van der Waals surface area contributed by atoms with E-state index in [1.54, 1.807) is 0 Å². The molecule has 1 amide bonds. The summed E-state index contributed by atoms with van der Waals surface area (Å²) in [5, 5.41) is 6.56. The van der Waals surface area contributed by atoms with Gasteiger partial charge < -0.3 is 15.4 Å². The molecule has 0 aliphatic heterocycles. The van der Waals surface area contributed by atoms with Crippen molar-refractivity contribution in [1.29, 1.82) is 0 Å². The third-order valence-electron chi connectivity index (χ3n) is 6.14. The summed E-state index contributed by atoms with van der Waals surface area (Å²) in [5.41, 5.74) is 0.167. The number of ether oxygens (including phenoxy) is 1. The number of hydrogen-bond donors (Lipinski definition) is 2. The second-order valence-corrected chi connectivity index (χ2v) is 7.41. The summed E-state index contributed by atoms with van der Waals surface area (Å²) in [6.07, 6.45) is 4.84. The van der Waals surface area contributed by atoms with Crippen molar-refractivity contribution in [3.63, 3.8) is 0 Å². The van der Waals surface area contributed by atoms with Gasteiger partial charge in [0.15, 0.2) is 0 Å². The Morgan fingerprint density at radius 1 is 1.24 bits per heavy atom. The van der Waals surface area contributed by atoms with E-state index in [0.717, 1.165) is 32.1 Å². The lowest BCUT2D eigenvalue weighted by atomic mass is 9.64. The molecule has 2 aliphatic rings. The number of hydrogen-bond acceptors (Lipinski definition) is 3. The minimum absolute atomic E-state index is 0.0417. The Kier molecular flexibility index (Phi) is 5.31. The fourth-order valence-corrected chi connectivity index (χ4v) is 4.35. The molecule has 2 bridgehead atoms. The third-order valence-corrected chi connectivity index (χ3v) is 6.14. The third kappa shape index (κ3) is 3.26. The zero-order valence-corrected chi connectivity index (χ0v) is 14.1. The van der Waals surface area contributed by atoms with Crippen LogP contribution in [0.3, 0.4) is 0 Å². The molecule has 0 unspecified atom stereocenters. The maximum Gasteiger partial charge on any atom is 0.234 e. The van der Waals surface area contributed by atoms with Crippen LogP contribution >= 0.6 is 0 Å². The highest BCUT2D eigenvalue weighted by Gasteiger charge is 2.60. The summed E-state index contributed by atoms with van der Waals surface area (Å²) < 4.78 is 5.28. The summed E-state index contributed by atoms with van der Waals surface area (Å²) in [6.45, 7) is 11.7. The molecule has 2 saturated carbocycles. The number of carbonyl (C=O) groups excluding carboxylic acids is 1. The maximum atomic E-state index is 12.3. The minimum Gasteiger partial charge on any atom is -0.382 e. The molecule has 2 N–H and O–H groups in total. The molecule has 2 fully saturated rings. The molecule has 0 spiro atoms. The van der Waals surface area contributed by atoms with Gasteiger partial charge in [0.2, 0.25) is 5.91 Å². The van der Waals surface area contributed by atoms with Gasteiger partial charge in [0.05, 0.1) is 6.54 Å². The molecule has 0 aromatic heterocycles. The molecule has 0 aromatic carbocycles. The molecule has 122 valence electrons. The topological polar surface area (TPSA) is 50.4 Å². The Morgan fingerprint density at radius 2 is 1.95 bits per heavy atom. The van der Waals surface area contributed by atoms with E-state index in [1.165, 1.54) is 19.3 Å². The fourth-order valence-electron chi connectivity index (χ4n) is 4.35. The van der Waals surface area contributed by atoms with Crippen molar-refractivity contribution >= 4 is 5.91 Å². The van der Waals surface area contributed by atoms with Crippen LogP contribution < -0.4 is 10.6 Å². The highest BCUT2D eigenvalue weighted by molar-refractivity contribution is 5.79. The van der Waals surface area contributed by atoms with E-state index in [4.69, 9.17) is 4.74 Å². The van der Waals surface area contributed by atoms with Crippen LogP contribution in [0.4, 0.5) is 0 Å². The number of nitrogens with one attached hydrogen (secondary N) is 2. The molecule has 2 aliphatic carbocycles. The van der Waals surface area contributed by atoms with Crippen LogP contribution in [-0.2, 0) is 9.53 Å². The second kappa shape index (κ2) is 6.66. The van der Waals surface area contributed by atoms with Crippen LogP contribution in [0.15, 0.2) is 0 Å². The van der Waals surface area contributed by atoms with Crippen molar-refractivity contribution in [1.82, 2.24) is 10.6 Å². The van der Waals surface area contributed by atoms with E-state index < -0.39 is 0 Å². The molecule has 4 heteroatoms. The first kappa shape index (κ1) is 16.8. The van der Waals surface area contributed by atoms with Crippen LogP contribution in [-0.4, -0.2) is 37.7 Å². The predicted octanol–water partition coefficient (Wildman–Crippen LogP) is 2.33. The fraction of sp³-hybridized carbons (Fsp3) is 0.941.